The number of nitrogens with zero attached hydrogens (tertiary/aromatic N) is 2. The van der Waals surface area contributed by atoms with Gasteiger partial charge in [0.2, 0.25) is 10.0 Å². The van der Waals surface area contributed by atoms with Crippen LogP contribution in [0, 0.1) is 5.82 Å². The summed E-state index contributed by atoms with van der Waals surface area (Å²) in [5, 5.41) is 0.150. The van der Waals surface area contributed by atoms with E-state index in [1.165, 1.54) is 12.1 Å². The summed E-state index contributed by atoms with van der Waals surface area (Å²) < 4.78 is 46.8. The Labute approximate surface area is 208 Å². The quantitative estimate of drug-likeness (QED) is 0.371. The molecule has 1 heterocycles. The van der Waals surface area contributed by atoms with E-state index in [9.17, 15) is 12.8 Å². The van der Waals surface area contributed by atoms with E-state index in [4.69, 9.17) is 33.7 Å². The highest BCUT2D eigenvalue weighted by Gasteiger charge is 2.20. The minimum Gasteiger partial charge on any atom is -0.482 e. The monoisotopic (exact) mass is 526 g/mol. The number of sulfonamides is 1. The number of hydrogen-bond acceptors (Lipinski definition) is 6. The van der Waals surface area contributed by atoms with E-state index in [1.54, 1.807) is 48.4 Å². The molecule has 0 radical (unpaired) electrons. The number of ether oxygens (including phenoxy) is 1. The first kappa shape index (κ1) is 26.0. The van der Waals surface area contributed by atoms with Crippen LogP contribution in [-0.4, -0.2) is 44.7 Å². The summed E-state index contributed by atoms with van der Waals surface area (Å²) in [6.45, 7) is 2.09. The fourth-order valence-electron chi connectivity index (χ4n) is 3.14. The van der Waals surface area contributed by atoms with Crippen molar-refractivity contribution in [3.05, 3.63) is 70.1 Å². The molecule has 0 saturated heterocycles. The molecule has 0 fully saturated rings. The first-order chi connectivity index (χ1) is 16.0. The molecule has 3 N–H and O–H groups in total. The average Bonchev–Trinajstić information content (AvgIpc) is 2.77. The Morgan fingerprint density at radius 2 is 1.82 bits per heavy atom. The van der Waals surface area contributed by atoms with Crippen LogP contribution in [0.1, 0.15) is 18.6 Å². The van der Waals surface area contributed by atoms with Crippen LogP contribution in [0.25, 0.3) is 11.1 Å². The van der Waals surface area contributed by atoms with Crippen molar-refractivity contribution in [3.8, 4) is 16.9 Å². The van der Waals surface area contributed by atoms with Gasteiger partial charge in [-0.25, -0.2) is 17.8 Å². The molecule has 0 bridgehead atoms. The fourth-order valence-corrected chi connectivity index (χ4v) is 5.02. The minimum absolute atomic E-state index is 0.0120. The van der Waals surface area contributed by atoms with Gasteiger partial charge in [0.1, 0.15) is 11.9 Å². The van der Waals surface area contributed by atoms with E-state index < -0.39 is 21.9 Å². The van der Waals surface area contributed by atoms with Crippen LogP contribution in [0.15, 0.2) is 48.7 Å². The van der Waals surface area contributed by atoms with Crippen LogP contribution in [0.2, 0.25) is 10.0 Å². The van der Waals surface area contributed by atoms with Crippen LogP contribution in [0.3, 0.4) is 0 Å². The lowest BCUT2D eigenvalue weighted by Crippen LogP contribution is -2.26. The van der Waals surface area contributed by atoms with Gasteiger partial charge in [-0.15, -0.1) is 0 Å². The normalized spacial score (nSPS) is 12.6. The highest BCUT2D eigenvalue weighted by atomic mass is 35.5. The highest BCUT2D eigenvalue weighted by Crippen LogP contribution is 2.37. The van der Waals surface area contributed by atoms with Gasteiger partial charge in [0.25, 0.3) is 0 Å². The molecule has 0 aliphatic rings. The van der Waals surface area contributed by atoms with Crippen LogP contribution in [0.5, 0.6) is 5.75 Å². The lowest BCUT2D eigenvalue weighted by atomic mass is 10.1. The maximum absolute atomic E-state index is 13.9. The number of rotatable bonds is 9. The Hall–Kier alpha value is -2.59. The predicted octanol–water partition coefficient (Wildman–Crippen LogP) is 5.22. The summed E-state index contributed by atoms with van der Waals surface area (Å²) in [7, 11) is 0.163. The fraction of sp³-hybridized carbons (Fsp3) is 0.261. The van der Waals surface area contributed by atoms with Gasteiger partial charge in [-0.05, 0) is 56.9 Å². The van der Waals surface area contributed by atoms with Gasteiger partial charge in [0.05, 0.1) is 10.8 Å². The Morgan fingerprint density at radius 1 is 1.15 bits per heavy atom. The van der Waals surface area contributed by atoms with Crippen LogP contribution >= 0.6 is 23.2 Å². The van der Waals surface area contributed by atoms with Gasteiger partial charge < -0.3 is 15.4 Å². The van der Waals surface area contributed by atoms with Crippen molar-refractivity contribution < 1.29 is 17.5 Å². The van der Waals surface area contributed by atoms with Crippen LogP contribution < -0.4 is 15.2 Å². The van der Waals surface area contributed by atoms with Crippen molar-refractivity contribution in [1.82, 2.24) is 9.88 Å². The lowest BCUT2D eigenvalue weighted by Gasteiger charge is -2.19. The number of pyridine rings is 1. The smallest absolute Gasteiger partial charge is 0.233 e. The van der Waals surface area contributed by atoms with E-state index in [0.29, 0.717) is 23.4 Å². The molecule has 0 aliphatic heterocycles. The molecule has 7 nitrogen and oxygen atoms in total. The lowest BCUT2D eigenvalue weighted by molar-refractivity contribution is 0.227. The second-order valence-electron chi connectivity index (χ2n) is 7.93. The SMILES string of the molecule is CC(Oc1cc(-c2ccc(NS(=O)(=O)CCN(C)C)cc2)cnc1N)c1c(Cl)ccc(F)c1Cl. The zero-order valence-corrected chi connectivity index (χ0v) is 21.2. The molecule has 0 saturated carbocycles. The standard InChI is InChI=1S/C23H25Cl2FN4O3S/c1-14(21-18(24)8-9-19(26)22(21)25)33-20-12-16(13-28-23(20)27)15-4-6-17(7-5-15)29-34(31,32)11-10-30(2)3/h4-9,12-14,29H,10-11H2,1-3H3,(H2,27,28). The summed E-state index contributed by atoms with van der Waals surface area (Å²) in [4.78, 5) is 5.98. The topological polar surface area (TPSA) is 97.5 Å². The molecule has 1 atom stereocenters. The number of anilines is 2. The molecule has 0 amide bonds. The highest BCUT2D eigenvalue weighted by molar-refractivity contribution is 7.92. The average molecular weight is 527 g/mol. The molecule has 2 aromatic carbocycles. The molecule has 1 unspecified atom stereocenters. The molecule has 34 heavy (non-hydrogen) atoms. The van der Waals surface area contributed by atoms with Crippen molar-refractivity contribution in [2.45, 2.75) is 13.0 Å². The Kier molecular flexibility index (Phi) is 8.25. The van der Waals surface area contributed by atoms with Crippen molar-refractivity contribution >= 4 is 44.7 Å². The van der Waals surface area contributed by atoms with E-state index in [0.717, 1.165) is 5.56 Å². The molecule has 0 spiro atoms. The zero-order chi connectivity index (χ0) is 25.0. The summed E-state index contributed by atoms with van der Waals surface area (Å²) in [5.74, 6) is -0.199. The van der Waals surface area contributed by atoms with Gasteiger partial charge in [-0.2, -0.15) is 0 Å². The third kappa shape index (κ3) is 6.50. The molecule has 1 aromatic heterocycles. The molecule has 0 aliphatic carbocycles. The second kappa shape index (κ2) is 10.8. The summed E-state index contributed by atoms with van der Waals surface area (Å²) in [6.07, 6.45) is 0.875. The van der Waals surface area contributed by atoms with E-state index in [1.807, 2.05) is 14.1 Å². The van der Waals surface area contributed by atoms with Crippen molar-refractivity contribution in [2.75, 3.05) is 36.8 Å². The number of nitrogens with one attached hydrogen (secondary N) is 1. The maximum Gasteiger partial charge on any atom is 0.233 e. The van der Waals surface area contributed by atoms with Crippen LogP contribution in [0.4, 0.5) is 15.9 Å². The van der Waals surface area contributed by atoms with Gasteiger partial charge in [-0.1, -0.05) is 35.3 Å². The minimum atomic E-state index is -3.46. The Bertz CT molecular complexity index is 1270. The third-order valence-corrected chi connectivity index (χ3v) is 6.95. The third-order valence-electron chi connectivity index (χ3n) is 4.97. The Balaban J connectivity index is 1.79. The number of benzene rings is 2. The molecular formula is C23H25Cl2FN4O3S. The number of hydrogen-bond donors (Lipinski definition) is 2. The Morgan fingerprint density at radius 3 is 2.47 bits per heavy atom. The number of halogens is 3. The molecule has 3 rings (SSSR count). The van der Waals surface area contributed by atoms with E-state index in [2.05, 4.69) is 9.71 Å². The van der Waals surface area contributed by atoms with Crippen molar-refractivity contribution in [3.63, 3.8) is 0 Å². The summed E-state index contributed by atoms with van der Waals surface area (Å²) in [6, 6.07) is 11.1. The molecule has 3 aromatic rings. The second-order valence-corrected chi connectivity index (χ2v) is 10.6. The van der Waals surface area contributed by atoms with Gasteiger partial charge >= 0.3 is 0 Å². The number of aromatic nitrogens is 1. The number of nitrogens with two attached hydrogens (primary N) is 1. The summed E-state index contributed by atoms with van der Waals surface area (Å²) >= 11 is 12.3. The van der Waals surface area contributed by atoms with Gasteiger partial charge in [0.15, 0.2) is 11.6 Å². The first-order valence-corrected chi connectivity index (χ1v) is 12.7. The largest absolute Gasteiger partial charge is 0.482 e. The van der Waals surface area contributed by atoms with Crippen molar-refractivity contribution in [1.29, 1.82) is 0 Å². The maximum atomic E-state index is 13.9. The van der Waals surface area contributed by atoms with Crippen molar-refractivity contribution in [2.24, 2.45) is 0 Å². The molecule has 11 heteroatoms. The first-order valence-electron chi connectivity index (χ1n) is 10.3. The number of nitrogen functional groups attached to an aromatic ring is 1. The van der Waals surface area contributed by atoms with Gasteiger partial charge in [-0.3, -0.25) is 4.72 Å². The van der Waals surface area contributed by atoms with E-state index in [-0.39, 0.29) is 27.4 Å². The molecule has 182 valence electrons. The summed E-state index contributed by atoms with van der Waals surface area (Å²) in [5.41, 5.74) is 8.20. The molecular weight excluding hydrogens is 502 g/mol. The van der Waals surface area contributed by atoms with Gasteiger partial charge in [0, 0.05) is 34.6 Å². The zero-order valence-electron chi connectivity index (χ0n) is 18.8. The predicted molar refractivity (Wildman–Crippen MR) is 136 cm³/mol. The van der Waals surface area contributed by atoms with E-state index >= 15 is 0 Å². The van der Waals surface area contributed by atoms with Crippen LogP contribution in [-0.2, 0) is 10.0 Å².